The number of amides is 1. The van der Waals surface area contributed by atoms with E-state index in [1.165, 1.54) is 6.07 Å². The van der Waals surface area contributed by atoms with Gasteiger partial charge in [0.05, 0.1) is 0 Å². The fraction of sp³-hybridized carbons (Fsp3) is 0.300. The lowest BCUT2D eigenvalue weighted by atomic mass is 10.2. The van der Waals surface area contributed by atoms with Gasteiger partial charge >= 0.3 is 5.97 Å². The number of aromatic nitrogens is 1. The number of carboxylic acids is 1. The molecule has 1 rings (SSSR count). The van der Waals surface area contributed by atoms with E-state index < -0.39 is 24.6 Å². The van der Waals surface area contributed by atoms with E-state index in [-0.39, 0.29) is 5.69 Å². The second-order valence-electron chi connectivity index (χ2n) is 3.18. The first-order valence-corrected chi connectivity index (χ1v) is 4.58. The summed E-state index contributed by atoms with van der Waals surface area (Å²) in [7, 11) is 0. The second kappa shape index (κ2) is 5.20. The lowest BCUT2D eigenvalue weighted by Gasteiger charge is -2.10. The number of aryl methyl sites for hydroxylation is 1. The zero-order valence-electron chi connectivity index (χ0n) is 8.61. The molecule has 1 aromatic rings. The third-order valence-corrected chi connectivity index (χ3v) is 1.88. The van der Waals surface area contributed by atoms with Crippen LogP contribution in [0.15, 0.2) is 18.2 Å². The van der Waals surface area contributed by atoms with Crippen LogP contribution < -0.4 is 5.32 Å². The number of carbonyl (C=O) groups is 2. The molecule has 0 aliphatic heterocycles. The van der Waals surface area contributed by atoms with Crippen LogP contribution in [0.5, 0.6) is 0 Å². The molecule has 0 saturated heterocycles. The SMILES string of the molecule is Cc1cccc(C(=O)NC(CF)C(=O)O)n1. The Kier molecular flexibility index (Phi) is 3.93. The molecule has 1 unspecified atom stereocenters. The Balaban J connectivity index is 2.75. The normalized spacial score (nSPS) is 11.9. The number of aliphatic carboxylic acids is 1. The van der Waals surface area contributed by atoms with Crippen molar-refractivity contribution in [1.82, 2.24) is 10.3 Å². The maximum absolute atomic E-state index is 12.2. The van der Waals surface area contributed by atoms with E-state index in [2.05, 4.69) is 4.98 Å². The van der Waals surface area contributed by atoms with Crippen molar-refractivity contribution in [3.63, 3.8) is 0 Å². The topological polar surface area (TPSA) is 79.3 Å². The van der Waals surface area contributed by atoms with Gasteiger partial charge in [0.25, 0.3) is 5.91 Å². The molecule has 1 heterocycles. The number of carbonyl (C=O) groups excluding carboxylic acids is 1. The molecule has 1 amide bonds. The number of hydrogen-bond acceptors (Lipinski definition) is 3. The van der Waals surface area contributed by atoms with Crippen LogP contribution in [-0.2, 0) is 4.79 Å². The summed E-state index contributed by atoms with van der Waals surface area (Å²) in [5.41, 5.74) is 0.694. The molecule has 0 aromatic carbocycles. The van der Waals surface area contributed by atoms with Crippen LogP contribution in [0.2, 0.25) is 0 Å². The Morgan fingerprint density at radius 3 is 2.75 bits per heavy atom. The van der Waals surface area contributed by atoms with Crippen molar-refractivity contribution >= 4 is 11.9 Å². The van der Waals surface area contributed by atoms with Crippen molar-refractivity contribution in [1.29, 1.82) is 0 Å². The Morgan fingerprint density at radius 2 is 2.25 bits per heavy atom. The quantitative estimate of drug-likeness (QED) is 0.785. The maximum atomic E-state index is 12.2. The van der Waals surface area contributed by atoms with E-state index in [0.29, 0.717) is 5.69 Å². The number of rotatable bonds is 4. The number of pyridine rings is 1. The molecule has 16 heavy (non-hydrogen) atoms. The molecule has 2 N–H and O–H groups in total. The molecule has 0 bridgehead atoms. The first-order chi connectivity index (χ1) is 7.54. The van der Waals surface area contributed by atoms with E-state index in [0.717, 1.165) is 0 Å². The van der Waals surface area contributed by atoms with E-state index in [4.69, 9.17) is 5.11 Å². The zero-order chi connectivity index (χ0) is 12.1. The fourth-order valence-electron chi connectivity index (χ4n) is 1.07. The van der Waals surface area contributed by atoms with Gasteiger partial charge in [-0.05, 0) is 19.1 Å². The van der Waals surface area contributed by atoms with Gasteiger partial charge in [-0.3, -0.25) is 4.79 Å². The van der Waals surface area contributed by atoms with Crippen LogP contribution in [0, 0.1) is 6.92 Å². The molecular formula is C10H11FN2O3. The van der Waals surface area contributed by atoms with Gasteiger partial charge in [0.1, 0.15) is 12.4 Å². The smallest absolute Gasteiger partial charge is 0.328 e. The predicted molar refractivity (Wildman–Crippen MR) is 53.8 cm³/mol. The van der Waals surface area contributed by atoms with Gasteiger partial charge < -0.3 is 10.4 Å². The summed E-state index contributed by atoms with van der Waals surface area (Å²) < 4.78 is 12.2. The van der Waals surface area contributed by atoms with E-state index in [9.17, 15) is 14.0 Å². The molecule has 0 saturated carbocycles. The van der Waals surface area contributed by atoms with Crippen LogP contribution in [0.4, 0.5) is 4.39 Å². The highest BCUT2D eigenvalue weighted by Crippen LogP contribution is 1.99. The van der Waals surface area contributed by atoms with Crippen molar-refractivity contribution in [2.75, 3.05) is 6.67 Å². The average Bonchev–Trinajstić information content (AvgIpc) is 2.25. The Hall–Kier alpha value is -1.98. The van der Waals surface area contributed by atoms with Crippen molar-refractivity contribution in [2.24, 2.45) is 0 Å². The van der Waals surface area contributed by atoms with Crippen molar-refractivity contribution in [3.8, 4) is 0 Å². The summed E-state index contributed by atoms with van der Waals surface area (Å²) in [6.07, 6.45) is 0. The zero-order valence-corrected chi connectivity index (χ0v) is 8.61. The van der Waals surface area contributed by atoms with Gasteiger partial charge in [0.2, 0.25) is 0 Å². The van der Waals surface area contributed by atoms with Crippen molar-refractivity contribution in [3.05, 3.63) is 29.6 Å². The molecule has 0 aliphatic rings. The van der Waals surface area contributed by atoms with Gasteiger partial charge in [-0.2, -0.15) is 0 Å². The highest BCUT2D eigenvalue weighted by Gasteiger charge is 2.20. The minimum atomic E-state index is -1.53. The first kappa shape index (κ1) is 12.1. The molecule has 5 nitrogen and oxygen atoms in total. The summed E-state index contributed by atoms with van der Waals surface area (Å²) in [4.78, 5) is 25.8. The van der Waals surface area contributed by atoms with E-state index in [1.807, 2.05) is 5.32 Å². The summed E-state index contributed by atoms with van der Waals surface area (Å²) in [5.74, 6) is -2.11. The number of halogens is 1. The Bertz CT molecular complexity index is 409. The first-order valence-electron chi connectivity index (χ1n) is 4.58. The molecular weight excluding hydrogens is 215 g/mol. The number of nitrogens with zero attached hydrogens (tertiary/aromatic N) is 1. The Labute approximate surface area is 91.3 Å². The summed E-state index contributed by atoms with van der Waals surface area (Å²) in [5, 5.41) is 10.6. The van der Waals surface area contributed by atoms with Gasteiger partial charge in [-0.25, -0.2) is 14.2 Å². The number of carboxylic acid groups (broad SMARTS) is 1. The predicted octanol–water partition coefficient (Wildman–Crippen LogP) is 0.543. The standard InChI is InChI=1S/C10H11FN2O3/c1-6-3-2-4-7(12-6)9(14)13-8(5-11)10(15)16/h2-4,8H,5H2,1H3,(H,13,14)(H,15,16). The van der Waals surface area contributed by atoms with Gasteiger partial charge in [-0.1, -0.05) is 6.07 Å². The second-order valence-corrected chi connectivity index (χ2v) is 3.18. The summed E-state index contributed by atoms with van der Waals surface area (Å²) in [6.45, 7) is 0.535. The van der Waals surface area contributed by atoms with Gasteiger partial charge in [0.15, 0.2) is 6.04 Å². The molecule has 86 valence electrons. The highest BCUT2D eigenvalue weighted by molar-refractivity contribution is 5.94. The number of hydrogen-bond donors (Lipinski definition) is 2. The van der Waals surface area contributed by atoms with Crippen LogP contribution in [0.25, 0.3) is 0 Å². The average molecular weight is 226 g/mol. The summed E-state index contributed by atoms with van der Waals surface area (Å²) >= 11 is 0. The molecule has 0 aliphatic carbocycles. The number of nitrogens with one attached hydrogen (secondary N) is 1. The lowest BCUT2D eigenvalue weighted by Crippen LogP contribution is -2.42. The van der Waals surface area contributed by atoms with Crippen molar-refractivity contribution < 1.29 is 19.1 Å². The third kappa shape index (κ3) is 3.01. The fourth-order valence-corrected chi connectivity index (χ4v) is 1.07. The third-order valence-electron chi connectivity index (χ3n) is 1.88. The Morgan fingerprint density at radius 1 is 1.56 bits per heavy atom. The molecule has 0 fully saturated rings. The summed E-state index contributed by atoms with van der Waals surface area (Å²) in [6, 6.07) is 3.21. The lowest BCUT2D eigenvalue weighted by molar-refractivity contribution is -0.139. The molecule has 0 spiro atoms. The number of alkyl halides is 1. The van der Waals surface area contributed by atoms with Crippen LogP contribution in [0.3, 0.4) is 0 Å². The van der Waals surface area contributed by atoms with Crippen molar-refractivity contribution in [2.45, 2.75) is 13.0 Å². The minimum absolute atomic E-state index is 0.0692. The maximum Gasteiger partial charge on any atom is 0.328 e. The molecule has 6 heteroatoms. The van der Waals surface area contributed by atoms with Crippen LogP contribution >= 0.6 is 0 Å². The highest BCUT2D eigenvalue weighted by atomic mass is 19.1. The molecule has 1 aromatic heterocycles. The van der Waals surface area contributed by atoms with E-state index in [1.54, 1.807) is 19.1 Å². The van der Waals surface area contributed by atoms with E-state index >= 15 is 0 Å². The van der Waals surface area contributed by atoms with Crippen LogP contribution in [-0.4, -0.2) is 34.7 Å². The van der Waals surface area contributed by atoms with Crippen LogP contribution in [0.1, 0.15) is 16.2 Å². The molecule has 1 atom stereocenters. The van der Waals surface area contributed by atoms with Gasteiger partial charge in [-0.15, -0.1) is 0 Å². The minimum Gasteiger partial charge on any atom is -0.480 e. The largest absolute Gasteiger partial charge is 0.480 e. The monoisotopic (exact) mass is 226 g/mol. The molecule has 0 radical (unpaired) electrons. The van der Waals surface area contributed by atoms with Gasteiger partial charge in [0, 0.05) is 5.69 Å².